The Bertz CT molecular complexity index is 318. The molecule has 1 rings (SSSR count). The third-order valence-corrected chi connectivity index (χ3v) is 4.02. The fourth-order valence-electron chi connectivity index (χ4n) is 1.79. The van der Waals surface area contributed by atoms with Crippen LogP contribution in [0.25, 0.3) is 0 Å². The molecule has 0 aliphatic heterocycles. The van der Waals surface area contributed by atoms with E-state index in [0.29, 0.717) is 11.8 Å². The van der Waals surface area contributed by atoms with Gasteiger partial charge in [0.1, 0.15) is 0 Å². The van der Waals surface area contributed by atoms with Crippen molar-refractivity contribution in [3.63, 3.8) is 0 Å². The van der Waals surface area contributed by atoms with E-state index in [4.69, 9.17) is 0 Å². The van der Waals surface area contributed by atoms with Gasteiger partial charge in [-0.15, -0.1) is 0 Å². The van der Waals surface area contributed by atoms with Crippen LogP contribution in [0.4, 0.5) is 0 Å². The molecule has 0 fully saturated rings. The highest BCUT2D eigenvalue weighted by Crippen LogP contribution is 2.18. The molecule has 3 heteroatoms. The lowest BCUT2D eigenvalue weighted by atomic mass is 9.98. The number of hydrogen-bond donors (Lipinski definition) is 0. The van der Waals surface area contributed by atoms with E-state index in [0.717, 1.165) is 24.7 Å². The van der Waals surface area contributed by atoms with Crippen molar-refractivity contribution in [3.8, 4) is 0 Å². The molecule has 1 unspecified atom stereocenters. The van der Waals surface area contributed by atoms with Gasteiger partial charge in [-0.1, -0.05) is 43.6 Å². The van der Waals surface area contributed by atoms with E-state index in [1.165, 1.54) is 11.4 Å². The smallest absolute Gasteiger partial charge is 0.0624 e. The minimum absolute atomic E-state index is 0.662. The zero-order valence-electron chi connectivity index (χ0n) is 10.8. The minimum atomic E-state index is 0.662. The van der Waals surface area contributed by atoms with E-state index in [9.17, 15) is 0 Å². The average Bonchev–Trinajstić information content (AvgIpc) is 2.67. The summed E-state index contributed by atoms with van der Waals surface area (Å²) >= 11 is 3.60. The van der Waals surface area contributed by atoms with Crippen LogP contribution < -0.4 is 0 Å². The van der Waals surface area contributed by atoms with Crippen LogP contribution in [-0.2, 0) is 19.4 Å². The van der Waals surface area contributed by atoms with Gasteiger partial charge < -0.3 is 0 Å². The van der Waals surface area contributed by atoms with Gasteiger partial charge in [0.05, 0.1) is 5.69 Å². The van der Waals surface area contributed by atoms with Crippen molar-refractivity contribution in [2.45, 2.75) is 47.1 Å². The van der Waals surface area contributed by atoms with Crippen LogP contribution in [-0.4, -0.2) is 15.1 Å². The molecular formula is C13H23BrN2. The molecule has 0 bridgehead atoms. The molecule has 0 amide bonds. The van der Waals surface area contributed by atoms with Crippen molar-refractivity contribution in [3.05, 3.63) is 17.5 Å². The second-order valence-corrected chi connectivity index (χ2v) is 5.32. The van der Waals surface area contributed by atoms with Crippen molar-refractivity contribution >= 4 is 15.9 Å². The van der Waals surface area contributed by atoms with E-state index in [1.54, 1.807) is 0 Å². The monoisotopic (exact) mass is 286 g/mol. The van der Waals surface area contributed by atoms with Gasteiger partial charge in [-0.25, -0.2) is 0 Å². The van der Waals surface area contributed by atoms with Crippen LogP contribution >= 0.6 is 15.9 Å². The Kier molecular flexibility index (Phi) is 5.53. The standard InChI is InChI=1S/C13H23BrN2/c1-5-12-7-13(6-2)16(15-12)9-11(8-14)10(3)4/h7,10-11H,5-6,8-9H2,1-4H3. The molecule has 0 aliphatic carbocycles. The van der Waals surface area contributed by atoms with Gasteiger partial charge >= 0.3 is 0 Å². The molecule has 0 spiro atoms. The Hall–Kier alpha value is -0.310. The van der Waals surface area contributed by atoms with Crippen LogP contribution in [0.3, 0.4) is 0 Å². The maximum atomic E-state index is 4.67. The Labute approximate surface area is 108 Å². The Morgan fingerprint density at radius 1 is 1.31 bits per heavy atom. The summed E-state index contributed by atoms with van der Waals surface area (Å²) in [6.45, 7) is 9.96. The normalized spacial score (nSPS) is 13.4. The fraction of sp³-hybridized carbons (Fsp3) is 0.769. The van der Waals surface area contributed by atoms with Gasteiger partial charge in [0.15, 0.2) is 0 Å². The molecule has 0 radical (unpaired) electrons. The van der Waals surface area contributed by atoms with Crippen molar-refractivity contribution in [2.24, 2.45) is 11.8 Å². The third-order valence-electron chi connectivity index (χ3n) is 3.19. The molecule has 2 nitrogen and oxygen atoms in total. The lowest BCUT2D eigenvalue weighted by molar-refractivity contribution is 0.351. The fourth-order valence-corrected chi connectivity index (χ4v) is 2.74. The number of alkyl halides is 1. The highest BCUT2D eigenvalue weighted by atomic mass is 79.9. The van der Waals surface area contributed by atoms with Gasteiger partial charge in [0.2, 0.25) is 0 Å². The van der Waals surface area contributed by atoms with Gasteiger partial charge in [-0.3, -0.25) is 4.68 Å². The topological polar surface area (TPSA) is 17.8 Å². The molecule has 92 valence electrons. The Morgan fingerprint density at radius 2 is 2.00 bits per heavy atom. The molecule has 0 aromatic carbocycles. The molecule has 0 aliphatic rings. The molecule has 0 saturated carbocycles. The average molecular weight is 287 g/mol. The predicted octanol–water partition coefficient (Wildman–Crippen LogP) is 3.68. The van der Waals surface area contributed by atoms with Gasteiger partial charge in [0.25, 0.3) is 0 Å². The number of halogens is 1. The zero-order valence-corrected chi connectivity index (χ0v) is 12.4. The number of nitrogens with zero attached hydrogens (tertiary/aromatic N) is 2. The van der Waals surface area contributed by atoms with Crippen LogP contribution in [0.1, 0.15) is 39.1 Å². The van der Waals surface area contributed by atoms with Crippen LogP contribution in [0.5, 0.6) is 0 Å². The Morgan fingerprint density at radius 3 is 2.44 bits per heavy atom. The number of hydrogen-bond acceptors (Lipinski definition) is 1. The summed E-state index contributed by atoms with van der Waals surface area (Å²) in [6.07, 6.45) is 2.10. The molecule has 1 heterocycles. The van der Waals surface area contributed by atoms with Gasteiger partial charge in [-0.05, 0) is 30.7 Å². The van der Waals surface area contributed by atoms with Crippen molar-refractivity contribution < 1.29 is 0 Å². The summed E-state index contributed by atoms with van der Waals surface area (Å²) in [7, 11) is 0. The first kappa shape index (κ1) is 13.8. The highest BCUT2D eigenvalue weighted by molar-refractivity contribution is 9.09. The summed E-state index contributed by atoms with van der Waals surface area (Å²) in [6, 6.07) is 2.24. The SMILES string of the molecule is CCc1cc(CC)n(CC(CBr)C(C)C)n1. The summed E-state index contributed by atoms with van der Waals surface area (Å²) < 4.78 is 2.20. The predicted molar refractivity (Wildman–Crippen MR) is 73.1 cm³/mol. The molecule has 1 atom stereocenters. The van der Waals surface area contributed by atoms with Crippen LogP contribution in [0, 0.1) is 11.8 Å². The first-order valence-electron chi connectivity index (χ1n) is 6.23. The van der Waals surface area contributed by atoms with Crippen LogP contribution in [0.2, 0.25) is 0 Å². The summed E-state index contributed by atoms with van der Waals surface area (Å²) in [5, 5.41) is 5.72. The van der Waals surface area contributed by atoms with E-state index < -0.39 is 0 Å². The molecule has 0 saturated heterocycles. The highest BCUT2D eigenvalue weighted by Gasteiger charge is 2.15. The van der Waals surface area contributed by atoms with Gasteiger partial charge in [0, 0.05) is 17.6 Å². The number of aromatic nitrogens is 2. The zero-order chi connectivity index (χ0) is 12.1. The van der Waals surface area contributed by atoms with Crippen molar-refractivity contribution in [1.29, 1.82) is 0 Å². The summed E-state index contributed by atoms with van der Waals surface area (Å²) in [4.78, 5) is 0. The van der Waals surface area contributed by atoms with Crippen LogP contribution in [0.15, 0.2) is 6.07 Å². The summed E-state index contributed by atoms with van der Waals surface area (Å²) in [5.74, 6) is 1.35. The number of aryl methyl sites for hydroxylation is 2. The molecule has 16 heavy (non-hydrogen) atoms. The molecule has 1 aromatic rings. The van der Waals surface area contributed by atoms with E-state index in [-0.39, 0.29) is 0 Å². The number of rotatable bonds is 6. The molecule has 1 aromatic heterocycles. The van der Waals surface area contributed by atoms with Crippen molar-refractivity contribution in [2.75, 3.05) is 5.33 Å². The lowest BCUT2D eigenvalue weighted by Crippen LogP contribution is -2.20. The van der Waals surface area contributed by atoms with E-state index in [1.807, 2.05) is 0 Å². The molecular weight excluding hydrogens is 264 g/mol. The van der Waals surface area contributed by atoms with E-state index >= 15 is 0 Å². The van der Waals surface area contributed by atoms with E-state index in [2.05, 4.69) is 59.5 Å². The quantitative estimate of drug-likeness (QED) is 0.730. The summed E-state index contributed by atoms with van der Waals surface area (Å²) in [5.41, 5.74) is 2.58. The largest absolute Gasteiger partial charge is 0.269 e. The minimum Gasteiger partial charge on any atom is -0.269 e. The first-order chi connectivity index (χ1) is 7.62. The Balaban J connectivity index is 2.81. The second kappa shape index (κ2) is 6.43. The first-order valence-corrected chi connectivity index (χ1v) is 7.36. The second-order valence-electron chi connectivity index (χ2n) is 4.67. The van der Waals surface area contributed by atoms with Crippen molar-refractivity contribution in [1.82, 2.24) is 9.78 Å². The lowest BCUT2D eigenvalue weighted by Gasteiger charge is -2.19. The van der Waals surface area contributed by atoms with Gasteiger partial charge in [-0.2, -0.15) is 5.10 Å². The third kappa shape index (κ3) is 3.34. The maximum Gasteiger partial charge on any atom is 0.0624 e. The maximum absolute atomic E-state index is 4.67. The molecule has 0 N–H and O–H groups in total.